The molecule has 1 fully saturated rings. The first kappa shape index (κ1) is 14.6. The van der Waals surface area contributed by atoms with E-state index in [0.29, 0.717) is 12.5 Å². The lowest BCUT2D eigenvalue weighted by atomic mass is 10.1. The lowest BCUT2D eigenvalue weighted by Gasteiger charge is -2.34. The quantitative estimate of drug-likeness (QED) is 0.794. The van der Waals surface area contributed by atoms with Crippen molar-refractivity contribution in [1.82, 2.24) is 9.88 Å². The standard InChI is InChI=1S/C14H21ClN2O2/c1-10-7-16-13(11(2)14(10)18-3)8-17-4-5-19-9-12(17)6-15/h7,12H,4-6,8-9H2,1-3H3. The second kappa shape index (κ2) is 6.55. The van der Waals surface area contributed by atoms with E-state index in [9.17, 15) is 0 Å². The molecule has 1 aromatic rings. The molecule has 1 unspecified atom stereocenters. The first-order chi connectivity index (χ1) is 9.17. The molecule has 0 aliphatic carbocycles. The Bertz CT molecular complexity index is 440. The summed E-state index contributed by atoms with van der Waals surface area (Å²) in [4.78, 5) is 6.88. The van der Waals surface area contributed by atoms with E-state index < -0.39 is 0 Å². The van der Waals surface area contributed by atoms with Crippen LogP contribution in [0.4, 0.5) is 0 Å². The summed E-state index contributed by atoms with van der Waals surface area (Å²) in [6.07, 6.45) is 1.87. The van der Waals surface area contributed by atoms with Gasteiger partial charge in [0.15, 0.2) is 0 Å². The van der Waals surface area contributed by atoms with E-state index in [1.165, 1.54) is 0 Å². The number of aryl methyl sites for hydroxylation is 1. The molecule has 1 atom stereocenters. The van der Waals surface area contributed by atoms with Crippen molar-refractivity contribution in [2.24, 2.45) is 0 Å². The van der Waals surface area contributed by atoms with E-state index in [2.05, 4.69) is 16.8 Å². The Balaban J connectivity index is 2.18. The lowest BCUT2D eigenvalue weighted by Crippen LogP contribution is -2.46. The van der Waals surface area contributed by atoms with Crippen LogP contribution >= 0.6 is 11.6 Å². The van der Waals surface area contributed by atoms with Crippen LogP contribution in [0, 0.1) is 13.8 Å². The molecule has 1 aliphatic heterocycles. The smallest absolute Gasteiger partial charge is 0.128 e. The molecule has 0 spiro atoms. The zero-order chi connectivity index (χ0) is 13.8. The molecule has 2 rings (SSSR count). The minimum Gasteiger partial charge on any atom is -0.496 e. The lowest BCUT2D eigenvalue weighted by molar-refractivity contribution is -0.00369. The SMILES string of the molecule is COc1c(C)cnc(CN2CCOCC2CCl)c1C. The Morgan fingerprint density at radius 2 is 2.32 bits per heavy atom. The van der Waals surface area contributed by atoms with Gasteiger partial charge in [0.05, 0.1) is 26.0 Å². The fourth-order valence-corrected chi connectivity index (χ4v) is 2.75. The maximum atomic E-state index is 6.00. The fraction of sp³-hybridized carbons (Fsp3) is 0.643. The van der Waals surface area contributed by atoms with E-state index in [-0.39, 0.29) is 6.04 Å². The number of hydrogen-bond acceptors (Lipinski definition) is 4. The normalized spacial score (nSPS) is 20.5. The van der Waals surface area contributed by atoms with Crippen LogP contribution in [0.15, 0.2) is 6.20 Å². The molecule has 0 saturated carbocycles. The third kappa shape index (κ3) is 3.19. The van der Waals surface area contributed by atoms with Crippen LogP contribution in [0.3, 0.4) is 0 Å². The minimum atomic E-state index is 0.268. The van der Waals surface area contributed by atoms with Gasteiger partial charge in [0.25, 0.3) is 0 Å². The summed E-state index contributed by atoms with van der Waals surface area (Å²) < 4.78 is 10.9. The number of pyridine rings is 1. The second-order valence-corrected chi connectivity index (χ2v) is 5.21. The largest absolute Gasteiger partial charge is 0.496 e. The number of ether oxygens (including phenoxy) is 2. The second-order valence-electron chi connectivity index (χ2n) is 4.90. The number of methoxy groups -OCH3 is 1. The number of halogens is 1. The average Bonchev–Trinajstić information content (AvgIpc) is 2.43. The first-order valence-corrected chi connectivity index (χ1v) is 7.07. The van der Waals surface area contributed by atoms with Crippen molar-refractivity contribution in [3.05, 3.63) is 23.0 Å². The van der Waals surface area contributed by atoms with Crippen LogP contribution in [0.25, 0.3) is 0 Å². The van der Waals surface area contributed by atoms with E-state index in [4.69, 9.17) is 21.1 Å². The summed E-state index contributed by atoms with van der Waals surface area (Å²) in [6.45, 7) is 7.22. The van der Waals surface area contributed by atoms with Crippen molar-refractivity contribution in [3.63, 3.8) is 0 Å². The molecule has 5 heteroatoms. The van der Waals surface area contributed by atoms with Crippen LogP contribution in [0.1, 0.15) is 16.8 Å². The summed E-state index contributed by atoms with van der Waals surface area (Å²) in [7, 11) is 1.70. The Kier molecular flexibility index (Phi) is 5.02. The fourth-order valence-electron chi connectivity index (χ4n) is 2.46. The van der Waals surface area contributed by atoms with E-state index in [0.717, 1.165) is 42.3 Å². The zero-order valence-electron chi connectivity index (χ0n) is 11.8. The third-order valence-corrected chi connectivity index (χ3v) is 3.99. The number of morpholine rings is 1. The van der Waals surface area contributed by atoms with Crippen molar-refractivity contribution < 1.29 is 9.47 Å². The highest BCUT2D eigenvalue weighted by atomic mass is 35.5. The number of aromatic nitrogens is 1. The summed E-state index contributed by atoms with van der Waals surface area (Å²) in [5.41, 5.74) is 3.24. The summed E-state index contributed by atoms with van der Waals surface area (Å²) in [5.74, 6) is 1.52. The molecule has 0 amide bonds. The van der Waals surface area contributed by atoms with Gasteiger partial charge in [-0.3, -0.25) is 9.88 Å². The van der Waals surface area contributed by atoms with Crippen LogP contribution in [-0.2, 0) is 11.3 Å². The zero-order valence-corrected chi connectivity index (χ0v) is 12.5. The molecular formula is C14H21ClN2O2. The number of rotatable bonds is 4. The van der Waals surface area contributed by atoms with Crippen molar-refractivity contribution in [1.29, 1.82) is 0 Å². The third-order valence-electron chi connectivity index (χ3n) is 3.63. The molecule has 1 aromatic heterocycles. The summed E-state index contributed by atoms with van der Waals surface area (Å²) in [6, 6.07) is 0.268. The van der Waals surface area contributed by atoms with Crippen LogP contribution in [0.5, 0.6) is 5.75 Å². The topological polar surface area (TPSA) is 34.6 Å². The molecule has 4 nitrogen and oxygen atoms in total. The van der Waals surface area contributed by atoms with Gasteiger partial charge in [0, 0.05) is 42.3 Å². The van der Waals surface area contributed by atoms with Crippen molar-refractivity contribution in [2.45, 2.75) is 26.4 Å². The van der Waals surface area contributed by atoms with Gasteiger partial charge in [-0.15, -0.1) is 11.6 Å². The molecule has 0 N–H and O–H groups in total. The van der Waals surface area contributed by atoms with Gasteiger partial charge < -0.3 is 9.47 Å². The van der Waals surface area contributed by atoms with E-state index in [1.807, 2.05) is 13.1 Å². The first-order valence-electron chi connectivity index (χ1n) is 6.54. The van der Waals surface area contributed by atoms with E-state index in [1.54, 1.807) is 7.11 Å². The molecule has 1 aliphatic rings. The van der Waals surface area contributed by atoms with Crippen molar-refractivity contribution >= 4 is 11.6 Å². The molecule has 0 bridgehead atoms. The van der Waals surface area contributed by atoms with Gasteiger partial charge in [0.1, 0.15) is 5.75 Å². The highest BCUT2D eigenvalue weighted by Gasteiger charge is 2.23. The molecule has 0 aromatic carbocycles. The van der Waals surface area contributed by atoms with Crippen LogP contribution in [0.2, 0.25) is 0 Å². The Morgan fingerprint density at radius 3 is 3.00 bits per heavy atom. The Labute approximate surface area is 119 Å². The van der Waals surface area contributed by atoms with Gasteiger partial charge in [-0.05, 0) is 13.8 Å². The number of nitrogens with zero attached hydrogens (tertiary/aromatic N) is 2. The average molecular weight is 285 g/mol. The molecule has 1 saturated heterocycles. The predicted octanol–water partition coefficient (Wildman–Crippen LogP) is 2.15. The summed E-state index contributed by atoms with van der Waals surface area (Å²) >= 11 is 6.00. The molecular weight excluding hydrogens is 264 g/mol. The van der Waals surface area contributed by atoms with Gasteiger partial charge >= 0.3 is 0 Å². The minimum absolute atomic E-state index is 0.268. The molecule has 19 heavy (non-hydrogen) atoms. The maximum Gasteiger partial charge on any atom is 0.128 e. The van der Waals surface area contributed by atoms with Gasteiger partial charge in [-0.2, -0.15) is 0 Å². The van der Waals surface area contributed by atoms with Crippen LogP contribution in [-0.4, -0.2) is 48.7 Å². The Morgan fingerprint density at radius 1 is 1.53 bits per heavy atom. The van der Waals surface area contributed by atoms with E-state index >= 15 is 0 Å². The number of hydrogen-bond donors (Lipinski definition) is 0. The monoisotopic (exact) mass is 284 g/mol. The van der Waals surface area contributed by atoms with Gasteiger partial charge in [-0.1, -0.05) is 0 Å². The maximum absolute atomic E-state index is 6.00. The molecule has 2 heterocycles. The Hall–Kier alpha value is -0.840. The van der Waals surface area contributed by atoms with Crippen molar-refractivity contribution in [3.8, 4) is 5.75 Å². The highest BCUT2D eigenvalue weighted by molar-refractivity contribution is 6.18. The summed E-state index contributed by atoms with van der Waals surface area (Å²) in [5, 5.41) is 0. The molecule has 106 valence electrons. The molecule has 0 radical (unpaired) electrons. The highest BCUT2D eigenvalue weighted by Crippen LogP contribution is 2.25. The van der Waals surface area contributed by atoms with Gasteiger partial charge in [-0.25, -0.2) is 0 Å². The van der Waals surface area contributed by atoms with Crippen LogP contribution < -0.4 is 4.74 Å². The predicted molar refractivity (Wildman–Crippen MR) is 76.0 cm³/mol. The van der Waals surface area contributed by atoms with Crippen molar-refractivity contribution in [2.75, 3.05) is 32.7 Å². The van der Waals surface area contributed by atoms with Gasteiger partial charge in [0.2, 0.25) is 0 Å². The number of alkyl halides is 1.